The van der Waals surface area contributed by atoms with Crippen molar-refractivity contribution in [3.63, 3.8) is 0 Å². The van der Waals surface area contributed by atoms with Gasteiger partial charge in [-0.15, -0.1) is 0 Å². The fraction of sp³-hybridized carbons (Fsp3) is 0.444. The average Bonchev–Trinajstić information content (AvgIpc) is 3.13. The summed E-state index contributed by atoms with van der Waals surface area (Å²) in [7, 11) is 0. The molecule has 2 N–H and O–H groups in total. The zero-order chi connectivity index (χ0) is 24.7. The SMILES string of the molecule is CCN(CCCC(=O)O)C(=O)[C@H](CC(C)C)NC(=O)OCC1c2ccccc2-c2ccccc21. The Morgan fingerprint density at radius 2 is 1.62 bits per heavy atom. The number of hydrogen-bond donors (Lipinski definition) is 2. The van der Waals surface area contributed by atoms with Gasteiger partial charge in [0.25, 0.3) is 0 Å². The number of carboxylic acid groups (broad SMARTS) is 1. The highest BCUT2D eigenvalue weighted by Crippen LogP contribution is 2.44. The van der Waals surface area contributed by atoms with Gasteiger partial charge in [-0.25, -0.2) is 4.79 Å². The molecule has 7 nitrogen and oxygen atoms in total. The van der Waals surface area contributed by atoms with E-state index in [0.29, 0.717) is 25.9 Å². The Labute approximate surface area is 201 Å². The summed E-state index contributed by atoms with van der Waals surface area (Å²) in [6.45, 7) is 6.78. The molecule has 0 heterocycles. The molecule has 3 rings (SSSR count). The van der Waals surface area contributed by atoms with E-state index in [4.69, 9.17) is 9.84 Å². The first-order chi connectivity index (χ1) is 16.3. The van der Waals surface area contributed by atoms with Crippen LogP contribution in [0.5, 0.6) is 0 Å². The lowest BCUT2D eigenvalue weighted by atomic mass is 9.98. The highest BCUT2D eigenvalue weighted by molar-refractivity contribution is 5.86. The molecule has 2 aromatic carbocycles. The Morgan fingerprint density at radius 3 is 2.15 bits per heavy atom. The summed E-state index contributed by atoms with van der Waals surface area (Å²) in [5, 5.41) is 11.6. The second kappa shape index (κ2) is 11.7. The van der Waals surface area contributed by atoms with Gasteiger partial charge in [0, 0.05) is 25.4 Å². The summed E-state index contributed by atoms with van der Waals surface area (Å²) < 4.78 is 5.63. The predicted molar refractivity (Wildman–Crippen MR) is 131 cm³/mol. The van der Waals surface area contributed by atoms with E-state index < -0.39 is 18.1 Å². The standard InChI is InChI=1S/C27H34N2O5/c1-4-29(15-9-14-25(30)31)26(32)24(16-18(2)3)28-27(33)34-17-23-21-12-7-5-10-19(21)20-11-6-8-13-22(20)23/h5-8,10-13,18,23-24H,4,9,14-17H2,1-3H3,(H,28,33)(H,30,31)/t24-/m0/s1. The number of rotatable bonds is 11. The first-order valence-electron chi connectivity index (χ1n) is 11.9. The topological polar surface area (TPSA) is 95.9 Å². The number of nitrogens with one attached hydrogen (secondary N) is 1. The van der Waals surface area contributed by atoms with Crippen LogP contribution in [-0.4, -0.2) is 53.7 Å². The maximum Gasteiger partial charge on any atom is 0.407 e. The molecule has 0 spiro atoms. The molecular formula is C27H34N2O5. The van der Waals surface area contributed by atoms with Crippen molar-refractivity contribution in [3.8, 4) is 11.1 Å². The lowest BCUT2D eigenvalue weighted by molar-refractivity contribution is -0.138. The quantitative estimate of drug-likeness (QED) is 0.502. The highest BCUT2D eigenvalue weighted by atomic mass is 16.5. The van der Waals surface area contributed by atoms with E-state index in [1.807, 2.05) is 45.0 Å². The number of likely N-dealkylation sites (N-methyl/N-ethyl adjacent to an activating group) is 1. The summed E-state index contributed by atoms with van der Waals surface area (Å²) in [6.07, 6.45) is 0.216. The number of aliphatic carboxylic acids is 1. The molecule has 1 aliphatic carbocycles. The second-order valence-electron chi connectivity index (χ2n) is 9.07. The molecule has 2 aromatic rings. The van der Waals surface area contributed by atoms with Gasteiger partial charge in [0.05, 0.1) is 0 Å². The van der Waals surface area contributed by atoms with Crippen LogP contribution < -0.4 is 5.32 Å². The van der Waals surface area contributed by atoms with E-state index >= 15 is 0 Å². The second-order valence-corrected chi connectivity index (χ2v) is 9.07. The first-order valence-corrected chi connectivity index (χ1v) is 11.9. The molecule has 7 heteroatoms. The van der Waals surface area contributed by atoms with Crippen LogP contribution in [0.2, 0.25) is 0 Å². The van der Waals surface area contributed by atoms with Gasteiger partial charge in [0.1, 0.15) is 12.6 Å². The van der Waals surface area contributed by atoms with Crippen molar-refractivity contribution in [2.75, 3.05) is 19.7 Å². The number of fused-ring (bicyclic) bond motifs is 3. The number of carbonyl (C=O) groups is 3. The van der Waals surface area contributed by atoms with E-state index in [9.17, 15) is 14.4 Å². The summed E-state index contributed by atoms with van der Waals surface area (Å²) >= 11 is 0. The number of alkyl carbamates (subject to hydrolysis) is 1. The Balaban J connectivity index is 1.65. The molecule has 0 unspecified atom stereocenters. The van der Waals surface area contributed by atoms with Crippen LogP contribution in [0.3, 0.4) is 0 Å². The van der Waals surface area contributed by atoms with Crippen molar-refractivity contribution in [1.82, 2.24) is 10.2 Å². The highest BCUT2D eigenvalue weighted by Gasteiger charge is 2.30. The van der Waals surface area contributed by atoms with E-state index in [0.717, 1.165) is 22.3 Å². The van der Waals surface area contributed by atoms with Crippen molar-refractivity contribution in [3.05, 3.63) is 59.7 Å². The first kappa shape index (κ1) is 25.3. The molecule has 0 radical (unpaired) electrons. The Morgan fingerprint density at radius 1 is 1.03 bits per heavy atom. The van der Waals surface area contributed by atoms with Crippen molar-refractivity contribution >= 4 is 18.0 Å². The Kier molecular flexibility index (Phi) is 8.68. The largest absolute Gasteiger partial charge is 0.481 e. The van der Waals surface area contributed by atoms with E-state index in [2.05, 4.69) is 29.6 Å². The molecule has 0 fully saturated rings. The van der Waals surface area contributed by atoms with Gasteiger partial charge in [-0.2, -0.15) is 0 Å². The van der Waals surface area contributed by atoms with Gasteiger partial charge >= 0.3 is 12.1 Å². The van der Waals surface area contributed by atoms with Gasteiger partial charge in [0.2, 0.25) is 5.91 Å². The van der Waals surface area contributed by atoms with Crippen LogP contribution in [0.25, 0.3) is 11.1 Å². The number of carboxylic acids is 1. The molecule has 0 saturated carbocycles. The summed E-state index contributed by atoms with van der Waals surface area (Å²) in [6, 6.07) is 15.5. The Bertz CT molecular complexity index is 974. The van der Waals surface area contributed by atoms with Crippen LogP contribution in [0, 0.1) is 5.92 Å². The van der Waals surface area contributed by atoms with Gasteiger partial charge in [0.15, 0.2) is 0 Å². The molecule has 0 bridgehead atoms. The molecule has 0 saturated heterocycles. The summed E-state index contributed by atoms with van der Waals surface area (Å²) in [4.78, 5) is 38.3. The number of hydrogen-bond acceptors (Lipinski definition) is 4. The van der Waals surface area contributed by atoms with Crippen molar-refractivity contribution in [1.29, 1.82) is 0 Å². The van der Waals surface area contributed by atoms with Crippen LogP contribution in [0.4, 0.5) is 4.79 Å². The van der Waals surface area contributed by atoms with Crippen LogP contribution in [-0.2, 0) is 14.3 Å². The predicted octanol–water partition coefficient (Wildman–Crippen LogP) is 4.65. The van der Waals surface area contributed by atoms with E-state index in [-0.39, 0.29) is 30.8 Å². The fourth-order valence-electron chi connectivity index (χ4n) is 4.54. The maximum absolute atomic E-state index is 13.1. The minimum atomic E-state index is -0.890. The minimum absolute atomic E-state index is 0.00155. The molecule has 1 atom stereocenters. The summed E-state index contributed by atoms with van der Waals surface area (Å²) in [5.74, 6) is -0.977. The molecule has 34 heavy (non-hydrogen) atoms. The number of amides is 2. The molecule has 0 aromatic heterocycles. The van der Waals surface area contributed by atoms with Gasteiger partial charge in [-0.3, -0.25) is 9.59 Å². The number of benzene rings is 2. The molecule has 1 aliphatic rings. The third kappa shape index (κ3) is 6.16. The summed E-state index contributed by atoms with van der Waals surface area (Å²) in [5.41, 5.74) is 4.56. The molecule has 182 valence electrons. The van der Waals surface area contributed by atoms with Crippen LogP contribution in [0.15, 0.2) is 48.5 Å². The van der Waals surface area contributed by atoms with Gasteiger partial charge in [-0.1, -0.05) is 62.4 Å². The van der Waals surface area contributed by atoms with Crippen LogP contribution in [0.1, 0.15) is 57.1 Å². The zero-order valence-corrected chi connectivity index (χ0v) is 20.1. The Hall–Kier alpha value is -3.35. The van der Waals surface area contributed by atoms with Gasteiger partial charge < -0.3 is 20.1 Å². The number of ether oxygens (including phenoxy) is 1. The number of nitrogens with zero attached hydrogens (tertiary/aromatic N) is 1. The van der Waals surface area contributed by atoms with Crippen molar-refractivity contribution < 1.29 is 24.2 Å². The van der Waals surface area contributed by atoms with E-state index in [1.165, 1.54) is 0 Å². The third-order valence-corrected chi connectivity index (χ3v) is 6.15. The minimum Gasteiger partial charge on any atom is -0.481 e. The third-order valence-electron chi connectivity index (χ3n) is 6.15. The monoisotopic (exact) mass is 466 g/mol. The molecule has 2 amide bonds. The van der Waals surface area contributed by atoms with E-state index in [1.54, 1.807) is 4.90 Å². The molecule has 0 aliphatic heterocycles. The van der Waals surface area contributed by atoms with Gasteiger partial charge in [-0.05, 0) is 47.9 Å². The lowest BCUT2D eigenvalue weighted by Gasteiger charge is -2.27. The van der Waals surface area contributed by atoms with Crippen molar-refractivity contribution in [2.45, 2.75) is 52.0 Å². The lowest BCUT2D eigenvalue weighted by Crippen LogP contribution is -2.49. The molecular weight excluding hydrogens is 432 g/mol. The smallest absolute Gasteiger partial charge is 0.407 e. The fourth-order valence-corrected chi connectivity index (χ4v) is 4.54. The average molecular weight is 467 g/mol. The van der Waals surface area contributed by atoms with Crippen molar-refractivity contribution in [2.24, 2.45) is 5.92 Å². The number of carbonyl (C=O) groups excluding carboxylic acids is 2. The normalized spacial score (nSPS) is 13.2. The van der Waals surface area contributed by atoms with Crippen LogP contribution >= 0.6 is 0 Å². The maximum atomic E-state index is 13.1. The zero-order valence-electron chi connectivity index (χ0n) is 20.1.